The van der Waals surface area contributed by atoms with Gasteiger partial charge in [-0.2, -0.15) is 0 Å². The average Bonchev–Trinajstić information content (AvgIpc) is 3.14. The second-order valence-corrected chi connectivity index (χ2v) is 7.42. The SMILES string of the molecule is CCOC(=O)N1CCN(C(c2cccc(F)c2)c2c[nH]c3c(C)cccc23)CC1. The van der Waals surface area contributed by atoms with E-state index in [2.05, 4.69) is 35.0 Å². The largest absolute Gasteiger partial charge is 0.450 e. The molecule has 1 saturated heterocycles. The Kier molecular flexibility index (Phi) is 5.53. The fourth-order valence-corrected chi connectivity index (χ4v) is 4.20. The highest BCUT2D eigenvalue weighted by Gasteiger charge is 2.30. The third-order valence-electron chi connectivity index (χ3n) is 5.62. The molecular formula is C23H26FN3O2. The summed E-state index contributed by atoms with van der Waals surface area (Å²) in [5, 5.41) is 1.15. The predicted octanol–water partition coefficient (Wildman–Crippen LogP) is 4.48. The molecule has 29 heavy (non-hydrogen) atoms. The lowest BCUT2D eigenvalue weighted by Crippen LogP contribution is -2.50. The van der Waals surface area contributed by atoms with Crippen molar-refractivity contribution in [3.05, 3.63) is 71.2 Å². The number of benzene rings is 2. The quantitative estimate of drug-likeness (QED) is 0.709. The second-order valence-electron chi connectivity index (χ2n) is 7.42. The number of aryl methyl sites for hydroxylation is 1. The number of H-pyrrole nitrogens is 1. The molecule has 0 spiro atoms. The maximum absolute atomic E-state index is 14.1. The predicted molar refractivity (Wildman–Crippen MR) is 111 cm³/mol. The summed E-state index contributed by atoms with van der Waals surface area (Å²) in [5.41, 5.74) is 4.32. The third kappa shape index (κ3) is 3.85. The van der Waals surface area contributed by atoms with Gasteiger partial charge in [-0.3, -0.25) is 4.90 Å². The molecule has 0 saturated carbocycles. The van der Waals surface area contributed by atoms with Crippen LogP contribution in [-0.4, -0.2) is 53.7 Å². The van der Waals surface area contributed by atoms with Crippen LogP contribution in [0.25, 0.3) is 10.9 Å². The smallest absolute Gasteiger partial charge is 0.409 e. The summed E-state index contributed by atoms with van der Waals surface area (Å²) in [7, 11) is 0. The molecule has 1 atom stereocenters. The molecular weight excluding hydrogens is 369 g/mol. The molecule has 1 aliphatic heterocycles. The second kappa shape index (κ2) is 8.25. The van der Waals surface area contributed by atoms with Crippen LogP contribution in [0.2, 0.25) is 0 Å². The number of fused-ring (bicyclic) bond motifs is 1. The zero-order chi connectivity index (χ0) is 20.4. The van der Waals surface area contributed by atoms with E-state index < -0.39 is 0 Å². The Balaban J connectivity index is 1.69. The summed E-state index contributed by atoms with van der Waals surface area (Å²) in [5.74, 6) is -0.242. The minimum absolute atomic E-state index is 0.0920. The average molecular weight is 395 g/mol. The first kappa shape index (κ1) is 19.5. The first-order chi connectivity index (χ1) is 14.1. The monoisotopic (exact) mass is 395 g/mol. The molecule has 152 valence electrons. The van der Waals surface area contributed by atoms with Crippen LogP contribution in [0.5, 0.6) is 0 Å². The van der Waals surface area contributed by atoms with Gasteiger partial charge in [-0.05, 0) is 42.7 Å². The number of hydrogen-bond acceptors (Lipinski definition) is 3. The summed E-state index contributed by atoms with van der Waals surface area (Å²) in [6, 6.07) is 13.0. The zero-order valence-electron chi connectivity index (χ0n) is 16.8. The first-order valence-electron chi connectivity index (χ1n) is 10.1. The van der Waals surface area contributed by atoms with Crippen molar-refractivity contribution in [2.75, 3.05) is 32.8 Å². The lowest BCUT2D eigenvalue weighted by atomic mass is 9.95. The Labute approximate surface area is 170 Å². The molecule has 5 nitrogen and oxygen atoms in total. The standard InChI is InChI=1S/C23H26FN3O2/c1-3-29-23(28)27-12-10-26(11-13-27)22(17-7-5-8-18(24)14-17)20-15-25-21-16(2)6-4-9-19(20)21/h4-9,14-15,22,25H,3,10-13H2,1-2H3. The molecule has 0 bridgehead atoms. The minimum atomic E-state index is -0.267. The van der Waals surface area contributed by atoms with Gasteiger partial charge in [0.05, 0.1) is 12.6 Å². The van der Waals surface area contributed by atoms with Crippen molar-refractivity contribution in [1.29, 1.82) is 0 Å². The number of amides is 1. The van der Waals surface area contributed by atoms with Crippen LogP contribution in [-0.2, 0) is 4.74 Å². The van der Waals surface area contributed by atoms with Gasteiger partial charge in [0.1, 0.15) is 5.82 Å². The number of rotatable bonds is 4. The number of ether oxygens (including phenoxy) is 1. The van der Waals surface area contributed by atoms with Gasteiger partial charge < -0.3 is 14.6 Å². The van der Waals surface area contributed by atoms with Crippen molar-refractivity contribution in [1.82, 2.24) is 14.8 Å². The molecule has 1 fully saturated rings. The third-order valence-corrected chi connectivity index (χ3v) is 5.62. The molecule has 4 rings (SSSR count). The Hall–Kier alpha value is -2.86. The molecule has 3 aromatic rings. The molecule has 0 radical (unpaired) electrons. The maximum Gasteiger partial charge on any atom is 0.409 e. The van der Waals surface area contributed by atoms with Crippen LogP contribution in [0.3, 0.4) is 0 Å². The number of piperazine rings is 1. The molecule has 1 unspecified atom stereocenters. The lowest BCUT2D eigenvalue weighted by Gasteiger charge is -2.39. The van der Waals surface area contributed by atoms with E-state index in [9.17, 15) is 9.18 Å². The molecule has 1 N–H and O–H groups in total. The van der Waals surface area contributed by atoms with E-state index in [0.29, 0.717) is 32.8 Å². The summed E-state index contributed by atoms with van der Waals surface area (Å²) in [4.78, 5) is 19.5. The van der Waals surface area contributed by atoms with E-state index in [1.165, 1.54) is 11.6 Å². The van der Waals surface area contributed by atoms with Gasteiger partial charge in [0.15, 0.2) is 0 Å². The molecule has 2 heterocycles. The van der Waals surface area contributed by atoms with Crippen LogP contribution in [0, 0.1) is 12.7 Å². The highest BCUT2D eigenvalue weighted by molar-refractivity contribution is 5.86. The number of carbonyl (C=O) groups excluding carboxylic acids is 1. The first-order valence-corrected chi connectivity index (χ1v) is 10.1. The van der Waals surface area contributed by atoms with E-state index >= 15 is 0 Å². The highest BCUT2D eigenvalue weighted by Crippen LogP contribution is 2.35. The van der Waals surface area contributed by atoms with Crippen molar-refractivity contribution in [2.24, 2.45) is 0 Å². The number of nitrogens with one attached hydrogen (secondary N) is 1. The maximum atomic E-state index is 14.1. The summed E-state index contributed by atoms with van der Waals surface area (Å²) >= 11 is 0. The van der Waals surface area contributed by atoms with Crippen molar-refractivity contribution in [3.63, 3.8) is 0 Å². The van der Waals surface area contributed by atoms with Crippen molar-refractivity contribution in [3.8, 4) is 0 Å². The van der Waals surface area contributed by atoms with Crippen LogP contribution in [0.4, 0.5) is 9.18 Å². The van der Waals surface area contributed by atoms with Gasteiger partial charge in [-0.25, -0.2) is 9.18 Å². The topological polar surface area (TPSA) is 48.6 Å². The van der Waals surface area contributed by atoms with E-state index in [1.54, 1.807) is 17.0 Å². The Morgan fingerprint density at radius 1 is 1.17 bits per heavy atom. The number of para-hydroxylation sites is 1. The molecule has 1 amide bonds. The van der Waals surface area contributed by atoms with Gasteiger partial charge in [0.2, 0.25) is 0 Å². The van der Waals surface area contributed by atoms with Gasteiger partial charge in [0.25, 0.3) is 0 Å². The molecule has 1 aliphatic rings. The minimum Gasteiger partial charge on any atom is -0.450 e. The zero-order valence-corrected chi connectivity index (χ0v) is 16.8. The number of carbonyl (C=O) groups is 1. The van der Waals surface area contributed by atoms with Crippen LogP contribution in [0.15, 0.2) is 48.7 Å². The van der Waals surface area contributed by atoms with Crippen LogP contribution >= 0.6 is 0 Å². The molecule has 1 aromatic heterocycles. The van der Waals surface area contributed by atoms with Crippen molar-refractivity contribution < 1.29 is 13.9 Å². The van der Waals surface area contributed by atoms with Gasteiger partial charge >= 0.3 is 6.09 Å². The highest BCUT2D eigenvalue weighted by atomic mass is 19.1. The van der Waals surface area contributed by atoms with Crippen molar-refractivity contribution in [2.45, 2.75) is 19.9 Å². The van der Waals surface area contributed by atoms with Gasteiger partial charge in [-0.15, -0.1) is 0 Å². The van der Waals surface area contributed by atoms with Gasteiger partial charge in [-0.1, -0.05) is 30.3 Å². The summed E-state index contributed by atoms with van der Waals surface area (Å²) in [6.07, 6.45) is 1.77. The Bertz CT molecular complexity index is 1010. The Morgan fingerprint density at radius 3 is 2.66 bits per heavy atom. The lowest BCUT2D eigenvalue weighted by molar-refractivity contribution is 0.0716. The van der Waals surface area contributed by atoms with E-state index in [4.69, 9.17) is 4.74 Å². The molecule has 6 heteroatoms. The number of hydrogen-bond donors (Lipinski definition) is 1. The van der Waals surface area contributed by atoms with E-state index in [0.717, 1.165) is 22.0 Å². The normalized spacial score (nSPS) is 16.2. The van der Waals surface area contributed by atoms with Gasteiger partial charge in [0, 0.05) is 43.3 Å². The summed E-state index contributed by atoms with van der Waals surface area (Å²) < 4.78 is 19.2. The Morgan fingerprint density at radius 2 is 1.93 bits per heavy atom. The van der Waals surface area contributed by atoms with Crippen molar-refractivity contribution >= 4 is 17.0 Å². The fourth-order valence-electron chi connectivity index (χ4n) is 4.20. The number of nitrogens with zero attached hydrogens (tertiary/aromatic N) is 2. The fraction of sp³-hybridized carbons (Fsp3) is 0.348. The number of aromatic nitrogens is 1. The molecule has 0 aliphatic carbocycles. The molecule has 2 aromatic carbocycles. The van der Waals surface area contributed by atoms with E-state index in [-0.39, 0.29) is 18.0 Å². The number of aromatic amines is 1. The van der Waals surface area contributed by atoms with Crippen LogP contribution in [0.1, 0.15) is 29.7 Å². The number of halogens is 1. The summed E-state index contributed by atoms with van der Waals surface area (Å²) in [6.45, 7) is 6.83. The van der Waals surface area contributed by atoms with Crippen LogP contribution < -0.4 is 0 Å². The van der Waals surface area contributed by atoms with E-state index in [1.807, 2.05) is 19.2 Å².